The van der Waals surface area contributed by atoms with E-state index >= 15 is 0 Å². The van der Waals surface area contributed by atoms with E-state index in [2.05, 4.69) is 37.7 Å². The summed E-state index contributed by atoms with van der Waals surface area (Å²) in [5, 5.41) is 0. The van der Waals surface area contributed by atoms with E-state index in [0.29, 0.717) is 12.5 Å². The van der Waals surface area contributed by atoms with Gasteiger partial charge >= 0.3 is 0 Å². The largest absolute Gasteiger partial charge is 0.299 e. The summed E-state index contributed by atoms with van der Waals surface area (Å²) < 4.78 is 54.0. The topological polar surface area (TPSA) is 49.4 Å². The molecule has 2 aromatic rings. The van der Waals surface area contributed by atoms with Crippen molar-refractivity contribution in [2.24, 2.45) is 0 Å². The van der Waals surface area contributed by atoms with Gasteiger partial charge in [-0.05, 0) is 58.6 Å². The molecule has 0 saturated heterocycles. The Morgan fingerprint density at radius 2 is 1.81 bits per heavy atom. The van der Waals surface area contributed by atoms with Crippen LogP contribution in [0.4, 0.5) is 8.78 Å². The lowest BCUT2D eigenvalue weighted by Gasteiger charge is -2.28. The Kier molecular flexibility index (Phi) is 7.76. The molecule has 2 aromatic carbocycles. The van der Waals surface area contributed by atoms with Crippen LogP contribution in [0.15, 0.2) is 45.8 Å². The van der Waals surface area contributed by atoms with Crippen LogP contribution in [-0.2, 0) is 23.0 Å². The summed E-state index contributed by atoms with van der Waals surface area (Å²) in [6, 6.07) is 9.79. The maximum Gasteiger partial charge on any atom is 0.243 e. The smallest absolute Gasteiger partial charge is 0.243 e. The van der Waals surface area contributed by atoms with Gasteiger partial charge < -0.3 is 0 Å². The van der Waals surface area contributed by atoms with Gasteiger partial charge in [-0.25, -0.2) is 21.9 Å². The molecule has 0 amide bonds. The summed E-state index contributed by atoms with van der Waals surface area (Å²) in [4.78, 5) is 1.58. The number of hydrogen-bond acceptors (Lipinski definition) is 3. The first-order valence-electron chi connectivity index (χ1n) is 8.30. The Bertz CT molecular complexity index is 912. The second kappa shape index (κ2) is 9.43. The van der Waals surface area contributed by atoms with Crippen molar-refractivity contribution in [3.05, 3.63) is 63.6 Å². The molecule has 0 atom stereocenters. The van der Waals surface area contributed by atoms with Gasteiger partial charge in [0.2, 0.25) is 10.0 Å². The van der Waals surface area contributed by atoms with Crippen LogP contribution in [-0.4, -0.2) is 33.0 Å². The molecule has 0 aliphatic carbocycles. The molecule has 4 nitrogen and oxygen atoms in total. The first-order valence-corrected chi connectivity index (χ1v) is 10.6. The van der Waals surface area contributed by atoms with Gasteiger partial charge in [-0.2, -0.15) is 0 Å². The standard InChI is InChI=1S/C18H19BrF2N2O2S.ClH/c19-15-10-17(21)18(11-16(15)20)26(24,25)22-7-3-8-23-9-6-13-4-1-2-5-14(13)12-23;/h1-2,4-5,10-11,22H,3,6-9,12H2;1H. The van der Waals surface area contributed by atoms with Crippen molar-refractivity contribution in [2.45, 2.75) is 24.3 Å². The van der Waals surface area contributed by atoms with Gasteiger partial charge in [0.15, 0.2) is 0 Å². The highest BCUT2D eigenvalue weighted by Gasteiger charge is 2.21. The molecule has 3 rings (SSSR count). The minimum Gasteiger partial charge on any atom is -0.299 e. The molecule has 0 aromatic heterocycles. The number of nitrogens with zero attached hydrogens (tertiary/aromatic N) is 1. The Morgan fingerprint density at radius 3 is 2.56 bits per heavy atom. The summed E-state index contributed by atoms with van der Waals surface area (Å²) in [5.74, 6) is -1.81. The fourth-order valence-corrected chi connectivity index (χ4v) is 4.50. The molecule has 0 radical (unpaired) electrons. The van der Waals surface area contributed by atoms with E-state index in [4.69, 9.17) is 0 Å². The SMILES string of the molecule is Cl.O=S(=O)(NCCCN1CCc2ccccc2C1)c1cc(F)c(Br)cc1F. The summed E-state index contributed by atoms with van der Waals surface area (Å²) in [6.45, 7) is 2.66. The Morgan fingerprint density at radius 1 is 1.11 bits per heavy atom. The molecule has 0 spiro atoms. The van der Waals surface area contributed by atoms with Gasteiger partial charge in [0, 0.05) is 19.6 Å². The van der Waals surface area contributed by atoms with Crippen LogP contribution in [0.3, 0.4) is 0 Å². The molecule has 0 unspecified atom stereocenters. The summed E-state index contributed by atoms with van der Waals surface area (Å²) in [7, 11) is -4.09. The zero-order chi connectivity index (χ0) is 18.7. The molecule has 1 aliphatic rings. The van der Waals surface area contributed by atoms with Crippen molar-refractivity contribution in [3.8, 4) is 0 Å². The Hall–Kier alpha value is -1.06. The summed E-state index contributed by atoms with van der Waals surface area (Å²) in [6.07, 6.45) is 1.56. The highest BCUT2D eigenvalue weighted by molar-refractivity contribution is 9.10. The quantitative estimate of drug-likeness (QED) is 0.503. The number of fused-ring (bicyclic) bond motifs is 1. The molecular weight excluding hydrogens is 462 g/mol. The van der Waals surface area contributed by atoms with Crippen molar-refractivity contribution in [1.29, 1.82) is 0 Å². The zero-order valence-corrected chi connectivity index (χ0v) is 17.6. The average Bonchev–Trinajstić information content (AvgIpc) is 2.61. The second-order valence-corrected chi connectivity index (χ2v) is 8.83. The van der Waals surface area contributed by atoms with Gasteiger partial charge in [0.1, 0.15) is 16.5 Å². The van der Waals surface area contributed by atoms with Crippen molar-refractivity contribution >= 4 is 38.4 Å². The van der Waals surface area contributed by atoms with E-state index < -0.39 is 26.6 Å². The van der Waals surface area contributed by atoms with Crippen LogP contribution in [0.1, 0.15) is 17.5 Å². The molecule has 0 bridgehead atoms. The average molecular weight is 482 g/mol. The molecular formula is C18H20BrClF2N2O2S. The van der Waals surface area contributed by atoms with E-state index in [-0.39, 0.29) is 23.4 Å². The second-order valence-electron chi connectivity index (χ2n) is 6.24. The van der Waals surface area contributed by atoms with Crippen LogP contribution in [0.2, 0.25) is 0 Å². The van der Waals surface area contributed by atoms with E-state index in [9.17, 15) is 17.2 Å². The molecule has 1 aliphatic heterocycles. The Balaban J connectivity index is 0.00000261. The third-order valence-electron chi connectivity index (χ3n) is 4.42. The normalized spacial score (nSPS) is 14.5. The lowest BCUT2D eigenvalue weighted by Crippen LogP contribution is -2.34. The minimum atomic E-state index is -4.09. The molecule has 27 heavy (non-hydrogen) atoms. The third-order valence-corrected chi connectivity index (χ3v) is 6.50. The maximum atomic E-state index is 13.8. The first-order chi connectivity index (χ1) is 12.4. The molecule has 148 valence electrons. The van der Waals surface area contributed by atoms with Gasteiger partial charge in [0.05, 0.1) is 4.47 Å². The predicted molar refractivity (Wildman–Crippen MR) is 107 cm³/mol. The van der Waals surface area contributed by atoms with Gasteiger partial charge in [-0.1, -0.05) is 24.3 Å². The number of nitrogens with one attached hydrogen (secondary N) is 1. The fraction of sp³-hybridized carbons (Fsp3) is 0.333. The van der Waals surface area contributed by atoms with Crippen molar-refractivity contribution < 1.29 is 17.2 Å². The number of rotatable bonds is 6. The lowest BCUT2D eigenvalue weighted by molar-refractivity contribution is 0.251. The number of halogens is 4. The zero-order valence-electron chi connectivity index (χ0n) is 14.4. The van der Waals surface area contributed by atoms with Crippen molar-refractivity contribution in [3.63, 3.8) is 0 Å². The molecule has 1 heterocycles. The van der Waals surface area contributed by atoms with E-state index in [1.807, 2.05) is 12.1 Å². The van der Waals surface area contributed by atoms with Gasteiger partial charge in [-0.3, -0.25) is 4.90 Å². The van der Waals surface area contributed by atoms with Gasteiger partial charge in [0.25, 0.3) is 0 Å². The van der Waals surface area contributed by atoms with Crippen LogP contribution in [0.25, 0.3) is 0 Å². The molecule has 1 N–H and O–H groups in total. The number of benzene rings is 2. The summed E-state index contributed by atoms with van der Waals surface area (Å²) in [5.41, 5.74) is 2.66. The first kappa shape index (κ1) is 22.2. The lowest BCUT2D eigenvalue weighted by atomic mass is 10.00. The van der Waals surface area contributed by atoms with Crippen molar-refractivity contribution in [2.75, 3.05) is 19.6 Å². The third kappa shape index (κ3) is 5.48. The maximum absolute atomic E-state index is 13.8. The van der Waals surface area contributed by atoms with Crippen LogP contribution >= 0.6 is 28.3 Å². The van der Waals surface area contributed by atoms with Crippen LogP contribution < -0.4 is 4.72 Å². The monoisotopic (exact) mass is 480 g/mol. The number of hydrogen-bond donors (Lipinski definition) is 1. The van der Waals surface area contributed by atoms with E-state index in [1.165, 1.54) is 11.1 Å². The van der Waals surface area contributed by atoms with Crippen LogP contribution in [0.5, 0.6) is 0 Å². The molecule has 0 saturated carbocycles. The predicted octanol–water partition coefficient (Wildman–Crippen LogP) is 3.88. The Labute approximate surface area is 172 Å². The van der Waals surface area contributed by atoms with Crippen LogP contribution in [0, 0.1) is 11.6 Å². The van der Waals surface area contributed by atoms with Gasteiger partial charge in [-0.15, -0.1) is 12.4 Å². The van der Waals surface area contributed by atoms with E-state index in [1.54, 1.807) is 0 Å². The molecule has 9 heteroatoms. The van der Waals surface area contributed by atoms with E-state index in [0.717, 1.165) is 32.1 Å². The molecule has 0 fully saturated rings. The number of sulfonamides is 1. The highest BCUT2D eigenvalue weighted by Crippen LogP contribution is 2.23. The van der Waals surface area contributed by atoms with Crippen molar-refractivity contribution in [1.82, 2.24) is 9.62 Å². The highest BCUT2D eigenvalue weighted by atomic mass is 79.9. The minimum absolute atomic E-state index is 0. The fourth-order valence-electron chi connectivity index (χ4n) is 3.04. The summed E-state index contributed by atoms with van der Waals surface area (Å²) >= 11 is 2.83.